The molecule has 2 aromatic carbocycles. The Kier molecular flexibility index (Phi) is 5.68. The molecular weight excluding hydrogens is 374 g/mol. The first-order chi connectivity index (χ1) is 13.8. The van der Waals surface area contributed by atoms with Crippen molar-refractivity contribution in [2.24, 2.45) is 0 Å². The number of benzene rings is 2. The minimum Gasteiger partial charge on any atom is -0.493 e. The highest BCUT2D eigenvalue weighted by Crippen LogP contribution is 2.36. The van der Waals surface area contributed by atoms with E-state index in [2.05, 4.69) is 5.32 Å². The van der Waals surface area contributed by atoms with E-state index >= 15 is 0 Å². The number of carbonyl (C=O) groups excluding carboxylic acids is 2. The highest BCUT2D eigenvalue weighted by molar-refractivity contribution is 5.98. The van der Waals surface area contributed by atoms with Crippen LogP contribution in [0.25, 0.3) is 11.0 Å². The van der Waals surface area contributed by atoms with E-state index in [-0.39, 0.29) is 29.3 Å². The number of aryl methyl sites for hydroxylation is 1. The third-order valence-electron chi connectivity index (χ3n) is 4.69. The summed E-state index contributed by atoms with van der Waals surface area (Å²) in [5.74, 6) is 0.276. The maximum atomic E-state index is 12.6. The highest BCUT2D eigenvalue weighted by Gasteiger charge is 2.19. The first kappa shape index (κ1) is 20.1. The fraction of sp³-hybridized carbons (Fsp3) is 0.227. The summed E-state index contributed by atoms with van der Waals surface area (Å²) in [6.07, 6.45) is -0.164. The molecule has 3 rings (SSSR count). The lowest BCUT2D eigenvalue weighted by molar-refractivity contribution is -0.115. The van der Waals surface area contributed by atoms with E-state index in [1.165, 1.54) is 21.1 Å². The summed E-state index contributed by atoms with van der Waals surface area (Å²) >= 11 is 0. The van der Waals surface area contributed by atoms with Gasteiger partial charge in [-0.1, -0.05) is 12.1 Å². The molecule has 0 aliphatic heterocycles. The van der Waals surface area contributed by atoms with Crippen molar-refractivity contribution < 1.29 is 23.5 Å². The Morgan fingerprint density at radius 2 is 1.86 bits per heavy atom. The number of ketones is 1. The van der Waals surface area contributed by atoms with Crippen molar-refractivity contribution in [3.05, 3.63) is 63.5 Å². The number of methoxy groups -OCH3 is 2. The van der Waals surface area contributed by atoms with Crippen LogP contribution in [0.15, 0.2) is 45.6 Å². The molecule has 29 heavy (non-hydrogen) atoms. The van der Waals surface area contributed by atoms with E-state index in [1.807, 2.05) is 0 Å². The number of fused-ring (bicyclic) bond motifs is 1. The Hall–Kier alpha value is -3.61. The van der Waals surface area contributed by atoms with E-state index in [0.29, 0.717) is 33.7 Å². The molecule has 7 nitrogen and oxygen atoms in total. The Balaban J connectivity index is 1.94. The molecule has 7 heteroatoms. The lowest BCUT2D eigenvalue weighted by Gasteiger charge is -2.13. The van der Waals surface area contributed by atoms with E-state index in [4.69, 9.17) is 13.9 Å². The third kappa shape index (κ3) is 3.99. The topological polar surface area (TPSA) is 94.8 Å². The van der Waals surface area contributed by atoms with Gasteiger partial charge in [-0.3, -0.25) is 9.59 Å². The molecule has 0 unspecified atom stereocenters. The number of carbonyl (C=O) groups is 2. The molecule has 1 N–H and O–H groups in total. The standard InChI is InChI=1S/C22H21NO6/c1-12-16-8-9-18(27-3)21(28-4)20(16)29-22(26)17(12)11-19(25)23-15-7-5-6-14(10-15)13(2)24/h5-10H,11H2,1-4H3,(H,23,25). The quantitative estimate of drug-likeness (QED) is 0.507. The van der Waals surface area contributed by atoms with E-state index < -0.39 is 5.63 Å². The number of anilines is 1. The Labute approximate surface area is 167 Å². The average molecular weight is 395 g/mol. The number of Topliss-reactive ketones (excluding diaryl/α,β-unsaturated/α-hetero) is 1. The van der Waals surface area contributed by atoms with Crippen molar-refractivity contribution in [1.82, 2.24) is 0 Å². The van der Waals surface area contributed by atoms with Crippen LogP contribution in [0.3, 0.4) is 0 Å². The minimum atomic E-state index is -0.616. The van der Waals surface area contributed by atoms with Crippen molar-refractivity contribution in [2.75, 3.05) is 19.5 Å². The lowest BCUT2D eigenvalue weighted by atomic mass is 10.0. The second-order valence-electron chi connectivity index (χ2n) is 6.53. The first-order valence-corrected chi connectivity index (χ1v) is 8.93. The summed E-state index contributed by atoms with van der Waals surface area (Å²) in [7, 11) is 2.96. The normalized spacial score (nSPS) is 10.6. The number of rotatable bonds is 6. The Morgan fingerprint density at radius 3 is 2.52 bits per heavy atom. The van der Waals surface area contributed by atoms with Crippen molar-refractivity contribution in [3.63, 3.8) is 0 Å². The maximum absolute atomic E-state index is 12.6. The van der Waals surface area contributed by atoms with Crippen molar-refractivity contribution in [1.29, 1.82) is 0 Å². The SMILES string of the molecule is COc1ccc2c(C)c(CC(=O)Nc3cccc(C(C)=O)c3)c(=O)oc2c1OC. The smallest absolute Gasteiger partial charge is 0.340 e. The molecule has 1 heterocycles. The fourth-order valence-electron chi connectivity index (χ4n) is 3.15. The molecule has 1 amide bonds. The number of amides is 1. The van der Waals surface area contributed by atoms with Gasteiger partial charge >= 0.3 is 5.63 Å². The summed E-state index contributed by atoms with van der Waals surface area (Å²) in [5.41, 5.74) is 1.51. The summed E-state index contributed by atoms with van der Waals surface area (Å²) in [5, 5.41) is 3.37. The van der Waals surface area contributed by atoms with Gasteiger partial charge in [0, 0.05) is 16.6 Å². The van der Waals surface area contributed by atoms with Crippen LogP contribution in [0.2, 0.25) is 0 Å². The summed E-state index contributed by atoms with van der Waals surface area (Å²) in [4.78, 5) is 36.6. The zero-order chi connectivity index (χ0) is 21.1. The monoisotopic (exact) mass is 395 g/mol. The fourth-order valence-corrected chi connectivity index (χ4v) is 3.15. The van der Waals surface area contributed by atoms with Crippen LogP contribution in [0.4, 0.5) is 5.69 Å². The summed E-state index contributed by atoms with van der Waals surface area (Å²) < 4.78 is 16.0. The molecule has 150 valence electrons. The molecule has 0 aliphatic rings. The van der Waals surface area contributed by atoms with Gasteiger partial charge in [0.2, 0.25) is 11.7 Å². The molecule has 0 saturated heterocycles. The number of hydrogen-bond donors (Lipinski definition) is 1. The van der Waals surface area contributed by atoms with Gasteiger partial charge in [-0.05, 0) is 43.7 Å². The molecule has 0 aliphatic carbocycles. The Bertz CT molecular complexity index is 1160. The second kappa shape index (κ2) is 8.18. The van der Waals surface area contributed by atoms with Crippen LogP contribution in [0, 0.1) is 6.92 Å². The van der Waals surface area contributed by atoms with E-state index in [9.17, 15) is 14.4 Å². The van der Waals surface area contributed by atoms with Gasteiger partial charge in [0.05, 0.1) is 26.2 Å². The average Bonchev–Trinajstić information content (AvgIpc) is 2.70. The maximum Gasteiger partial charge on any atom is 0.340 e. The molecule has 3 aromatic rings. The zero-order valence-corrected chi connectivity index (χ0v) is 16.6. The zero-order valence-electron chi connectivity index (χ0n) is 16.6. The molecule has 0 spiro atoms. The highest BCUT2D eigenvalue weighted by atomic mass is 16.5. The van der Waals surface area contributed by atoms with Crippen molar-refractivity contribution in [2.45, 2.75) is 20.3 Å². The predicted molar refractivity (Wildman–Crippen MR) is 109 cm³/mol. The van der Waals surface area contributed by atoms with Crippen LogP contribution >= 0.6 is 0 Å². The number of hydrogen-bond acceptors (Lipinski definition) is 6. The van der Waals surface area contributed by atoms with Crippen molar-refractivity contribution in [3.8, 4) is 11.5 Å². The third-order valence-corrected chi connectivity index (χ3v) is 4.69. The van der Waals surface area contributed by atoms with E-state index in [1.54, 1.807) is 43.3 Å². The molecule has 0 radical (unpaired) electrons. The minimum absolute atomic E-state index is 0.100. The second-order valence-corrected chi connectivity index (χ2v) is 6.53. The largest absolute Gasteiger partial charge is 0.493 e. The van der Waals surface area contributed by atoms with Gasteiger partial charge in [-0.15, -0.1) is 0 Å². The van der Waals surface area contributed by atoms with Crippen molar-refractivity contribution >= 4 is 28.3 Å². The van der Waals surface area contributed by atoms with Crippen LogP contribution in [-0.2, 0) is 11.2 Å². The summed E-state index contributed by atoms with van der Waals surface area (Å²) in [6, 6.07) is 10.1. The molecule has 1 aromatic heterocycles. The number of nitrogens with one attached hydrogen (secondary N) is 1. The van der Waals surface area contributed by atoms with Crippen LogP contribution in [0.5, 0.6) is 11.5 Å². The molecule has 0 fully saturated rings. The molecular formula is C22H21NO6. The van der Waals surface area contributed by atoms with Gasteiger partial charge < -0.3 is 19.2 Å². The van der Waals surface area contributed by atoms with Gasteiger partial charge in [0.25, 0.3) is 0 Å². The van der Waals surface area contributed by atoms with Gasteiger partial charge in [-0.2, -0.15) is 0 Å². The van der Waals surface area contributed by atoms with Crippen LogP contribution < -0.4 is 20.4 Å². The van der Waals surface area contributed by atoms with Gasteiger partial charge in [-0.25, -0.2) is 4.79 Å². The predicted octanol–water partition coefficient (Wildman–Crippen LogP) is 3.50. The van der Waals surface area contributed by atoms with Crippen LogP contribution in [0.1, 0.15) is 28.4 Å². The van der Waals surface area contributed by atoms with Gasteiger partial charge in [0.1, 0.15) is 0 Å². The molecule has 0 atom stereocenters. The molecule has 0 saturated carbocycles. The number of ether oxygens (including phenoxy) is 2. The lowest BCUT2D eigenvalue weighted by Crippen LogP contribution is -2.21. The van der Waals surface area contributed by atoms with E-state index in [0.717, 1.165) is 0 Å². The first-order valence-electron chi connectivity index (χ1n) is 8.93. The summed E-state index contributed by atoms with van der Waals surface area (Å²) in [6.45, 7) is 3.21. The van der Waals surface area contributed by atoms with Crippen LogP contribution in [-0.4, -0.2) is 25.9 Å². The van der Waals surface area contributed by atoms with Gasteiger partial charge in [0.15, 0.2) is 17.1 Å². The molecule has 0 bridgehead atoms. The Morgan fingerprint density at radius 1 is 1.10 bits per heavy atom.